The van der Waals surface area contributed by atoms with Crippen LogP contribution in [-0.4, -0.2) is 30.1 Å². The number of Topliss-reactive ketones (excluding diaryl/α,β-unsaturated/α-hetero) is 1. The minimum Gasteiger partial charge on any atom is -0.485 e. The average Bonchev–Trinajstić information content (AvgIpc) is 2.45. The molecule has 0 bridgehead atoms. The lowest BCUT2D eigenvalue weighted by atomic mass is 9.88. The molecule has 0 spiro atoms. The molecule has 0 amide bonds. The number of aliphatic hydroxyl groups is 1. The summed E-state index contributed by atoms with van der Waals surface area (Å²) in [6.07, 6.45) is 0. The molecular formula is C15H20O5. The average molecular weight is 280 g/mol. The zero-order valence-electron chi connectivity index (χ0n) is 12.0. The second kappa shape index (κ2) is 7.05. The first-order valence-corrected chi connectivity index (χ1v) is 6.45. The summed E-state index contributed by atoms with van der Waals surface area (Å²) in [6.45, 7) is 4.51. The highest BCUT2D eigenvalue weighted by Crippen LogP contribution is 2.22. The van der Waals surface area contributed by atoms with Crippen molar-refractivity contribution in [3.05, 3.63) is 29.8 Å². The molecule has 1 aromatic rings. The highest BCUT2D eigenvalue weighted by atomic mass is 16.5. The monoisotopic (exact) mass is 280 g/mol. The van der Waals surface area contributed by atoms with E-state index in [1.54, 1.807) is 31.2 Å². The molecule has 0 fully saturated rings. The van der Waals surface area contributed by atoms with Gasteiger partial charge in [0.2, 0.25) is 0 Å². The molecule has 0 atom stereocenters. The van der Waals surface area contributed by atoms with Crippen LogP contribution in [-0.2, 0) is 20.9 Å². The van der Waals surface area contributed by atoms with Crippen molar-refractivity contribution in [2.45, 2.75) is 27.4 Å². The highest BCUT2D eigenvalue weighted by molar-refractivity contribution is 6.03. The van der Waals surface area contributed by atoms with Gasteiger partial charge in [-0.25, -0.2) is 0 Å². The Morgan fingerprint density at radius 2 is 1.90 bits per heavy atom. The molecule has 0 unspecified atom stereocenters. The molecule has 0 heterocycles. The lowest BCUT2D eigenvalue weighted by molar-refractivity contribution is -0.158. The molecule has 0 aliphatic rings. The van der Waals surface area contributed by atoms with E-state index in [4.69, 9.17) is 14.6 Å². The van der Waals surface area contributed by atoms with Crippen molar-refractivity contribution < 1.29 is 24.2 Å². The molecule has 110 valence electrons. The summed E-state index contributed by atoms with van der Waals surface area (Å²) in [5.41, 5.74) is -0.654. The summed E-state index contributed by atoms with van der Waals surface area (Å²) in [7, 11) is 0. The second-order valence-electron chi connectivity index (χ2n) is 4.82. The third-order valence-corrected chi connectivity index (χ3v) is 2.98. The molecular weight excluding hydrogens is 260 g/mol. The van der Waals surface area contributed by atoms with Gasteiger partial charge in [0.15, 0.2) is 5.78 Å². The fourth-order valence-electron chi connectivity index (χ4n) is 1.52. The Balaban J connectivity index is 2.69. The van der Waals surface area contributed by atoms with Gasteiger partial charge >= 0.3 is 5.97 Å². The van der Waals surface area contributed by atoms with Gasteiger partial charge in [0, 0.05) is 5.56 Å². The lowest BCUT2D eigenvalue weighted by Crippen LogP contribution is -2.38. The van der Waals surface area contributed by atoms with Crippen LogP contribution in [0.2, 0.25) is 0 Å². The van der Waals surface area contributed by atoms with Crippen LogP contribution in [0.15, 0.2) is 24.3 Å². The third-order valence-electron chi connectivity index (χ3n) is 2.98. The second-order valence-corrected chi connectivity index (χ2v) is 4.82. The molecule has 1 rings (SSSR count). The smallest absolute Gasteiger partial charge is 0.319 e. The predicted molar refractivity (Wildman–Crippen MR) is 73.3 cm³/mol. The van der Waals surface area contributed by atoms with Crippen molar-refractivity contribution in [2.24, 2.45) is 5.41 Å². The minimum absolute atomic E-state index is 0.175. The zero-order valence-corrected chi connectivity index (χ0v) is 12.0. The van der Waals surface area contributed by atoms with Crippen molar-refractivity contribution >= 4 is 11.8 Å². The van der Waals surface area contributed by atoms with Gasteiger partial charge in [0.05, 0.1) is 13.2 Å². The molecule has 1 aromatic carbocycles. The molecule has 0 aliphatic carbocycles. The molecule has 1 N–H and O–H groups in total. The topological polar surface area (TPSA) is 72.8 Å². The number of carbonyl (C=O) groups is 2. The molecule has 0 aliphatic heterocycles. The Morgan fingerprint density at radius 1 is 1.25 bits per heavy atom. The first kappa shape index (κ1) is 16.2. The van der Waals surface area contributed by atoms with Gasteiger partial charge in [-0.3, -0.25) is 9.59 Å². The van der Waals surface area contributed by atoms with Crippen molar-refractivity contribution in [3.8, 4) is 5.75 Å². The van der Waals surface area contributed by atoms with Crippen LogP contribution >= 0.6 is 0 Å². The van der Waals surface area contributed by atoms with Crippen molar-refractivity contribution in [2.75, 3.05) is 13.2 Å². The maximum absolute atomic E-state index is 12.1. The van der Waals surface area contributed by atoms with E-state index in [0.29, 0.717) is 11.3 Å². The first-order chi connectivity index (χ1) is 9.43. The summed E-state index contributed by atoms with van der Waals surface area (Å²) in [5.74, 6) is -0.504. The molecule has 5 heteroatoms. The van der Waals surface area contributed by atoms with E-state index in [1.165, 1.54) is 13.8 Å². The van der Waals surface area contributed by atoms with Crippen LogP contribution in [0.4, 0.5) is 0 Å². The Labute approximate surface area is 118 Å². The zero-order chi connectivity index (χ0) is 15.2. The van der Waals surface area contributed by atoms with E-state index < -0.39 is 11.4 Å². The Bertz CT molecular complexity index is 479. The maximum Gasteiger partial charge on any atom is 0.319 e. The van der Waals surface area contributed by atoms with Crippen LogP contribution in [0.1, 0.15) is 26.3 Å². The SMILES string of the molecule is CCOC(=O)C(C)(C)C(=O)COc1ccccc1CO. The normalized spacial score (nSPS) is 11.0. The van der Waals surface area contributed by atoms with Crippen LogP contribution in [0.3, 0.4) is 0 Å². The summed E-state index contributed by atoms with van der Waals surface area (Å²) in [4.78, 5) is 23.8. The van der Waals surface area contributed by atoms with Crippen molar-refractivity contribution in [3.63, 3.8) is 0 Å². The Morgan fingerprint density at radius 3 is 2.50 bits per heavy atom. The van der Waals surface area contributed by atoms with E-state index >= 15 is 0 Å². The van der Waals surface area contributed by atoms with E-state index in [9.17, 15) is 9.59 Å². The number of ether oxygens (including phenoxy) is 2. The van der Waals surface area contributed by atoms with Gasteiger partial charge in [-0.05, 0) is 26.8 Å². The molecule has 0 saturated heterocycles. The van der Waals surface area contributed by atoms with E-state index in [1.807, 2.05) is 0 Å². The van der Waals surface area contributed by atoms with E-state index in [0.717, 1.165) is 0 Å². The van der Waals surface area contributed by atoms with Gasteiger partial charge < -0.3 is 14.6 Å². The number of hydrogen-bond donors (Lipinski definition) is 1. The molecule has 0 saturated carbocycles. The number of carbonyl (C=O) groups excluding carboxylic acids is 2. The summed E-state index contributed by atoms with van der Waals surface area (Å²) in [6, 6.07) is 6.88. The number of hydrogen-bond acceptors (Lipinski definition) is 5. The number of ketones is 1. The fraction of sp³-hybridized carbons (Fsp3) is 0.467. The van der Waals surface area contributed by atoms with Crippen molar-refractivity contribution in [1.29, 1.82) is 0 Å². The van der Waals surface area contributed by atoms with Gasteiger partial charge in [0.25, 0.3) is 0 Å². The standard InChI is InChI=1S/C15H20O5/c1-4-19-14(18)15(2,3)13(17)10-20-12-8-6-5-7-11(12)9-16/h5-8,16H,4,9-10H2,1-3H3. The number of rotatable bonds is 7. The number of esters is 1. The minimum atomic E-state index is -1.25. The van der Waals surface area contributed by atoms with Crippen LogP contribution < -0.4 is 4.74 Å². The summed E-state index contributed by atoms with van der Waals surface area (Å²) >= 11 is 0. The highest BCUT2D eigenvalue weighted by Gasteiger charge is 2.37. The quantitative estimate of drug-likeness (QED) is 0.608. The lowest BCUT2D eigenvalue weighted by Gasteiger charge is -2.21. The third kappa shape index (κ3) is 3.81. The Hall–Kier alpha value is -1.88. The fourth-order valence-corrected chi connectivity index (χ4v) is 1.52. The summed E-state index contributed by atoms with van der Waals surface area (Å²) < 4.78 is 10.3. The molecule has 0 radical (unpaired) electrons. The predicted octanol–water partition coefficient (Wildman–Crippen LogP) is 1.72. The number of para-hydroxylation sites is 1. The first-order valence-electron chi connectivity index (χ1n) is 6.45. The van der Waals surface area contributed by atoms with E-state index in [-0.39, 0.29) is 25.6 Å². The molecule has 5 nitrogen and oxygen atoms in total. The van der Waals surface area contributed by atoms with Gasteiger partial charge in [-0.15, -0.1) is 0 Å². The number of aliphatic hydroxyl groups excluding tert-OH is 1. The largest absolute Gasteiger partial charge is 0.485 e. The number of benzene rings is 1. The Kier molecular flexibility index (Phi) is 5.70. The molecule has 0 aromatic heterocycles. The van der Waals surface area contributed by atoms with Gasteiger partial charge in [-0.1, -0.05) is 18.2 Å². The maximum atomic E-state index is 12.1. The van der Waals surface area contributed by atoms with Crippen LogP contribution in [0, 0.1) is 5.41 Å². The van der Waals surface area contributed by atoms with Gasteiger partial charge in [-0.2, -0.15) is 0 Å². The van der Waals surface area contributed by atoms with E-state index in [2.05, 4.69) is 0 Å². The molecule has 20 heavy (non-hydrogen) atoms. The van der Waals surface area contributed by atoms with Crippen LogP contribution in [0.5, 0.6) is 5.75 Å². The summed E-state index contributed by atoms with van der Waals surface area (Å²) in [5, 5.41) is 9.16. The van der Waals surface area contributed by atoms with Crippen LogP contribution in [0.25, 0.3) is 0 Å². The van der Waals surface area contributed by atoms with Crippen molar-refractivity contribution in [1.82, 2.24) is 0 Å². The van der Waals surface area contributed by atoms with Gasteiger partial charge in [0.1, 0.15) is 17.8 Å².